The van der Waals surface area contributed by atoms with E-state index in [-0.39, 0.29) is 5.41 Å². The van der Waals surface area contributed by atoms with E-state index >= 15 is 0 Å². The lowest BCUT2D eigenvalue weighted by atomic mass is 9.87. The van der Waals surface area contributed by atoms with E-state index in [2.05, 4.69) is 93.3 Å². The lowest BCUT2D eigenvalue weighted by Crippen LogP contribution is -2.55. The van der Waals surface area contributed by atoms with Gasteiger partial charge in [0.2, 0.25) is 0 Å². The quantitative estimate of drug-likeness (QED) is 0.342. The number of carbonyl (C=O) groups is 1. The van der Waals surface area contributed by atoms with Crippen LogP contribution in [0.3, 0.4) is 0 Å². The Labute approximate surface area is 233 Å². The first-order valence-electron chi connectivity index (χ1n) is 13.2. The predicted molar refractivity (Wildman–Crippen MR) is 162 cm³/mol. The number of allylic oxidation sites excluding steroid dienone is 2. The second-order valence-corrected chi connectivity index (χ2v) is 11.6. The van der Waals surface area contributed by atoms with Crippen molar-refractivity contribution in [1.82, 2.24) is 24.4 Å². The van der Waals surface area contributed by atoms with Gasteiger partial charge in [0.1, 0.15) is 5.69 Å². The second-order valence-electron chi connectivity index (χ2n) is 11.6. The van der Waals surface area contributed by atoms with Crippen LogP contribution >= 0.6 is 0 Å². The first kappa shape index (κ1) is 31.4. The van der Waals surface area contributed by atoms with Crippen molar-refractivity contribution < 1.29 is 4.79 Å². The first-order chi connectivity index (χ1) is 18.2. The van der Waals surface area contributed by atoms with Crippen LogP contribution in [0, 0.1) is 12.3 Å². The number of likely N-dealkylation sites (N-methyl/N-ethyl adjacent to an activating group) is 1. The molecule has 1 aliphatic heterocycles. The fourth-order valence-electron chi connectivity index (χ4n) is 4.11. The highest BCUT2D eigenvalue weighted by Crippen LogP contribution is 2.30. The Morgan fingerprint density at radius 3 is 2.38 bits per heavy atom. The van der Waals surface area contributed by atoms with Gasteiger partial charge in [-0.2, -0.15) is 5.10 Å². The van der Waals surface area contributed by atoms with Crippen molar-refractivity contribution in [2.45, 2.75) is 59.4 Å². The summed E-state index contributed by atoms with van der Waals surface area (Å²) in [4.78, 5) is 20.1. The molecule has 0 radical (unpaired) electrons. The average Bonchev–Trinajstić information content (AvgIpc) is 3.28. The van der Waals surface area contributed by atoms with Crippen molar-refractivity contribution in [3.63, 3.8) is 0 Å². The highest BCUT2D eigenvalue weighted by atomic mass is 16.1. The molecule has 3 heterocycles. The van der Waals surface area contributed by atoms with Gasteiger partial charge < -0.3 is 16.0 Å². The minimum absolute atomic E-state index is 0.0890. The molecule has 8 nitrogen and oxygen atoms in total. The number of rotatable bonds is 4. The van der Waals surface area contributed by atoms with Crippen LogP contribution in [-0.2, 0) is 5.41 Å². The molecule has 1 aromatic carbocycles. The van der Waals surface area contributed by atoms with Crippen LogP contribution in [0.5, 0.6) is 0 Å². The molecule has 1 aliphatic rings. The van der Waals surface area contributed by atoms with Gasteiger partial charge in [0.15, 0.2) is 11.9 Å². The molecule has 210 valence electrons. The van der Waals surface area contributed by atoms with Gasteiger partial charge in [-0.3, -0.25) is 9.69 Å². The number of carbonyl (C=O) groups excluding carboxylic acids is 1. The number of fused-ring (bicyclic) bond motifs is 1. The Hall–Kier alpha value is -3.78. The molecule has 0 bridgehead atoms. The lowest BCUT2D eigenvalue weighted by Gasteiger charge is -2.44. The molecule has 0 atom stereocenters. The van der Waals surface area contributed by atoms with Crippen molar-refractivity contribution in [3.05, 3.63) is 77.9 Å². The third kappa shape index (κ3) is 8.89. The SMILES string of the molecule is C/C(N)=C/C=N.C=CN1CCN(C)C(C)(C)C1.Cc1cccc(-c2cc(C(C)(C)C)c3nc(C=O)cn3n2)c1. The fourth-order valence-corrected chi connectivity index (χ4v) is 4.11. The number of aromatic nitrogens is 3. The zero-order valence-electron chi connectivity index (χ0n) is 24.8. The average molecular weight is 532 g/mol. The number of benzene rings is 1. The molecule has 0 unspecified atom stereocenters. The van der Waals surface area contributed by atoms with Crippen molar-refractivity contribution in [2.24, 2.45) is 5.73 Å². The number of nitrogens with two attached hydrogens (primary N) is 1. The van der Waals surface area contributed by atoms with Crippen LogP contribution in [-0.4, -0.2) is 69.1 Å². The van der Waals surface area contributed by atoms with Crippen LogP contribution in [0.15, 0.2) is 61.1 Å². The van der Waals surface area contributed by atoms with Gasteiger partial charge in [-0.05, 0) is 64.6 Å². The summed E-state index contributed by atoms with van der Waals surface area (Å²) in [5.41, 5.74) is 11.4. The summed E-state index contributed by atoms with van der Waals surface area (Å²) < 4.78 is 1.71. The molecular formula is C31H45N7O. The third-order valence-electron chi connectivity index (χ3n) is 6.64. The zero-order chi connectivity index (χ0) is 29.4. The lowest BCUT2D eigenvalue weighted by molar-refractivity contribution is 0.0647. The molecule has 1 saturated heterocycles. The largest absolute Gasteiger partial charge is 0.402 e. The summed E-state index contributed by atoms with van der Waals surface area (Å²) in [6.45, 7) is 21.9. The monoisotopic (exact) mass is 531 g/mol. The van der Waals surface area contributed by atoms with E-state index in [4.69, 9.17) is 11.1 Å². The Kier molecular flexibility index (Phi) is 10.7. The maximum atomic E-state index is 11.0. The highest BCUT2D eigenvalue weighted by Gasteiger charge is 2.29. The van der Waals surface area contributed by atoms with Gasteiger partial charge in [0, 0.05) is 48.2 Å². The van der Waals surface area contributed by atoms with Crippen molar-refractivity contribution in [2.75, 3.05) is 26.7 Å². The Balaban J connectivity index is 0.000000261. The maximum Gasteiger partial charge on any atom is 0.170 e. The molecular weight excluding hydrogens is 486 g/mol. The zero-order valence-corrected chi connectivity index (χ0v) is 24.8. The van der Waals surface area contributed by atoms with Gasteiger partial charge in [-0.25, -0.2) is 9.50 Å². The van der Waals surface area contributed by atoms with Crippen molar-refractivity contribution >= 4 is 18.1 Å². The van der Waals surface area contributed by atoms with Crippen LogP contribution in [0.4, 0.5) is 0 Å². The number of hydrogen-bond donors (Lipinski definition) is 2. The summed E-state index contributed by atoms with van der Waals surface area (Å²) >= 11 is 0. The van der Waals surface area contributed by atoms with E-state index in [0.717, 1.165) is 54.6 Å². The van der Waals surface area contributed by atoms with E-state index < -0.39 is 0 Å². The summed E-state index contributed by atoms with van der Waals surface area (Å²) in [6, 6.07) is 10.3. The van der Waals surface area contributed by atoms with E-state index in [1.165, 1.54) is 11.6 Å². The van der Waals surface area contributed by atoms with Crippen LogP contribution in [0.25, 0.3) is 16.9 Å². The Morgan fingerprint density at radius 2 is 1.90 bits per heavy atom. The molecule has 0 spiro atoms. The normalized spacial score (nSPS) is 15.5. The van der Waals surface area contributed by atoms with Crippen molar-refractivity contribution in [3.8, 4) is 11.3 Å². The number of aldehydes is 1. The van der Waals surface area contributed by atoms with E-state index in [1.54, 1.807) is 17.6 Å². The number of nitrogens with one attached hydrogen (secondary N) is 1. The molecule has 2 aromatic heterocycles. The first-order valence-corrected chi connectivity index (χ1v) is 13.2. The molecule has 39 heavy (non-hydrogen) atoms. The molecule has 3 N–H and O–H groups in total. The van der Waals surface area contributed by atoms with Gasteiger partial charge in [-0.1, -0.05) is 51.1 Å². The molecule has 1 fully saturated rings. The number of piperazine rings is 1. The summed E-state index contributed by atoms with van der Waals surface area (Å²) in [5.74, 6) is 0. The fraction of sp³-hybridized carbons (Fsp3) is 0.419. The second kappa shape index (κ2) is 13.3. The summed E-state index contributed by atoms with van der Waals surface area (Å²) in [7, 11) is 2.18. The number of aryl methyl sites for hydroxylation is 1. The van der Waals surface area contributed by atoms with E-state index in [0.29, 0.717) is 16.9 Å². The van der Waals surface area contributed by atoms with E-state index in [1.807, 2.05) is 18.3 Å². The summed E-state index contributed by atoms with van der Waals surface area (Å²) in [5, 5.41) is 11.1. The maximum absolute atomic E-state index is 11.0. The van der Waals surface area contributed by atoms with Gasteiger partial charge >= 0.3 is 0 Å². The highest BCUT2D eigenvalue weighted by molar-refractivity contribution is 5.74. The third-order valence-corrected chi connectivity index (χ3v) is 6.64. The number of hydrogen-bond acceptors (Lipinski definition) is 7. The predicted octanol–water partition coefficient (Wildman–Crippen LogP) is 5.47. The standard InChI is InChI=1S/C18H19N3O.C9H18N2.C4H8N2/c1-12-6-5-7-13(8-12)16-9-15(18(2,3)4)17-19-14(11-22)10-21(17)20-16;1-5-11-7-6-10(4)9(2,3)8-11;1-4(6)2-3-5/h5-11H,1-4H3;5H,1,6-8H2,2-4H3;2-3,5H,6H2,1H3/b;;4-2-,5-3?. The molecule has 4 rings (SSSR count). The van der Waals surface area contributed by atoms with Gasteiger partial charge in [0.25, 0.3) is 0 Å². The van der Waals surface area contributed by atoms with Crippen LogP contribution in [0.2, 0.25) is 0 Å². The van der Waals surface area contributed by atoms with E-state index in [9.17, 15) is 4.79 Å². The minimum Gasteiger partial charge on any atom is -0.402 e. The Morgan fingerprint density at radius 1 is 1.21 bits per heavy atom. The molecule has 8 heteroatoms. The number of nitrogens with zero attached hydrogens (tertiary/aromatic N) is 5. The smallest absolute Gasteiger partial charge is 0.170 e. The van der Waals surface area contributed by atoms with Crippen LogP contribution in [0.1, 0.15) is 63.2 Å². The molecule has 0 saturated carbocycles. The van der Waals surface area contributed by atoms with Crippen LogP contribution < -0.4 is 5.73 Å². The molecule has 0 aliphatic carbocycles. The minimum atomic E-state index is -0.0890. The molecule has 3 aromatic rings. The topological polar surface area (TPSA) is 104 Å². The Bertz CT molecular complexity index is 1310. The van der Waals surface area contributed by atoms with Gasteiger partial charge in [-0.15, -0.1) is 0 Å². The van der Waals surface area contributed by atoms with Gasteiger partial charge in [0.05, 0.1) is 11.9 Å². The van der Waals surface area contributed by atoms with Crippen molar-refractivity contribution in [1.29, 1.82) is 5.41 Å². The molecule has 0 amide bonds. The summed E-state index contributed by atoms with van der Waals surface area (Å²) in [6.07, 6.45) is 7.06. The number of imidazole rings is 1.